The van der Waals surface area contributed by atoms with Crippen LogP contribution in [0, 0.1) is 0 Å². The molecule has 6 heteroatoms. The summed E-state index contributed by atoms with van der Waals surface area (Å²) in [5, 5.41) is 0. The zero-order valence-electron chi connectivity index (χ0n) is 47.9. The van der Waals surface area contributed by atoms with Crippen molar-refractivity contribution in [3.8, 4) is 0 Å². The maximum atomic E-state index is 12.9. The second-order valence-corrected chi connectivity index (χ2v) is 20.9. The lowest BCUT2D eigenvalue weighted by molar-refractivity contribution is -0.167. The molecule has 0 saturated carbocycles. The molecule has 0 aromatic rings. The summed E-state index contributed by atoms with van der Waals surface area (Å²) in [6, 6.07) is 0. The largest absolute Gasteiger partial charge is 0.462 e. The number of carbonyl (C=O) groups excluding carboxylic acids is 3. The Hall–Kier alpha value is -2.89. The first-order valence-corrected chi connectivity index (χ1v) is 31.3. The summed E-state index contributed by atoms with van der Waals surface area (Å²) in [7, 11) is 0. The highest BCUT2D eigenvalue weighted by atomic mass is 16.6. The first-order valence-electron chi connectivity index (χ1n) is 31.3. The summed E-state index contributed by atoms with van der Waals surface area (Å²) in [5.74, 6) is -0.862. The Balaban J connectivity index is 4.26. The molecule has 0 bridgehead atoms. The number of rotatable bonds is 57. The molecule has 0 aromatic heterocycles. The van der Waals surface area contributed by atoms with E-state index in [0.717, 1.165) is 83.5 Å². The van der Waals surface area contributed by atoms with Crippen molar-refractivity contribution in [2.45, 2.75) is 329 Å². The van der Waals surface area contributed by atoms with Crippen LogP contribution in [0.4, 0.5) is 0 Å². The van der Waals surface area contributed by atoms with E-state index in [9.17, 15) is 14.4 Å². The van der Waals surface area contributed by atoms with Crippen molar-refractivity contribution in [3.63, 3.8) is 0 Å². The molecule has 1 unspecified atom stereocenters. The van der Waals surface area contributed by atoms with Crippen LogP contribution in [0.1, 0.15) is 323 Å². The number of allylic oxidation sites excluding steroid dienone is 10. The number of ether oxygens (including phenoxy) is 3. The molecular weight excluding hydrogens is 889 g/mol. The van der Waals surface area contributed by atoms with Crippen molar-refractivity contribution in [3.05, 3.63) is 60.8 Å². The summed E-state index contributed by atoms with van der Waals surface area (Å²) in [6.07, 6.45) is 76.5. The number of esters is 3. The third-order valence-electron chi connectivity index (χ3n) is 13.8. The third-order valence-corrected chi connectivity index (χ3v) is 13.8. The van der Waals surface area contributed by atoms with E-state index in [1.54, 1.807) is 0 Å². The van der Waals surface area contributed by atoms with Crippen molar-refractivity contribution in [1.29, 1.82) is 0 Å². The predicted octanol–water partition coefficient (Wildman–Crippen LogP) is 21.2. The quantitative estimate of drug-likeness (QED) is 0.0261. The maximum Gasteiger partial charge on any atom is 0.306 e. The van der Waals surface area contributed by atoms with Crippen LogP contribution >= 0.6 is 0 Å². The van der Waals surface area contributed by atoms with Crippen LogP contribution in [0.15, 0.2) is 60.8 Å². The van der Waals surface area contributed by atoms with E-state index in [1.165, 1.54) is 199 Å². The van der Waals surface area contributed by atoms with E-state index in [2.05, 4.69) is 81.5 Å². The lowest BCUT2D eigenvalue weighted by atomic mass is 10.0. The third kappa shape index (κ3) is 58.0. The lowest BCUT2D eigenvalue weighted by Gasteiger charge is -2.18. The number of hydrogen-bond acceptors (Lipinski definition) is 6. The van der Waals surface area contributed by atoms with Gasteiger partial charge in [0.2, 0.25) is 0 Å². The Kier molecular flexibility index (Phi) is 58.2. The van der Waals surface area contributed by atoms with Gasteiger partial charge in [-0.1, -0.05) is 281 Å². The highest BCUT2D eigenvalue weighted by Gasteiger charge is 2.19. The van der Waals surface area contributed by atoms with Crippen LogP contribution in [0.3, 0.4) is 0 Å². The molecule has 1 atom stereocenters. The molecule has 72 heavy (non-hydrogen) atoms. The zero-order chi connectivity index (χ0) is 52.2. The van der Waals surface area contributed by atoms with Gasteiger partial charge in [-0.05, 0) is 83.5 Å². The van der Waals surface area contributed by atoms with Gasteiger partial charge < -0.3 is 14.2 Å². The highest BCUT2D eigenvalue weighted by molar-refractivity contribution is 5.71. The summed E-state index contributed by atoms with van der Waals surface area (Å²) in [4.78, 5) is 38.2. The first kappa shape index (κ1) is 69.1. The fraction of sp³-hybridized carbons (Fsp3) is 0.803. The average Bonchev–Trinajstić information content (AvgIpc) is 3.38. The fourth-order valence-corrected chi connectivity index (χ4v) is 9.08. The van der Waals surface area contributed by atoms with Gasteiger partial charge in [-0.2, -0.15) is 0 Å². The summed E-state index contributed by atoms with van der Waals surface area (Å²) in [5.41, 5.74) is 0. The van der Waals surface area contributed by atoms with Crippen molar-refractivity contribution in [2.75, 3.05) is 13.2 Å². The van der Waals surface area contributed by atoms with Crippen LogP contribution in [-0.2, 0) is 28.6 Å². The fourth-order valence-electron chi connectivity index (χ4n) is 9.08. The summed E-state index contributed by atoms with van der Waals surface area (Å²) >= 11 is 0. The predicted molar refractivity (Wildman–Crippen MR) is 312 cm³/mol. The van der Waals surface area contributed by atoms with Gasteiger partial charge in [-0.25, -0.2) is 0 Å². The minimum Gasteiger partial charge on any atom is -0.462 e. The second kappa shape index (κ2) is 60.7. The number of hydrogen-bond donors (Lipinski definition) is 0. The smallest absolute Gasteiger partial charge is 0.306 e. The van der Waals surface area contributed by atoms with E-state index >= 15 is 0 Å². The summed E-state index contributed by atoms with van der Waals surface area (Å²) < 4.78 is 16.9. The van der Waals surface area contributed by atoms with Gasteiger partial charge >= 0.3 is 17.9 Å². The molecule has 0 aliphatic carbocycles. The molecule has 0 rings (SSSR count). The van der Waals surface area contributed by atoms with Gasteiger partial charge in [0.1, 0.15) is 13.2 Å². The van der Waals surface area contributed by atoms with Crippen LogP contribution in [-0.4, -0.2) is 37.2 Å². The Morgan fingerprint density at radius 3 is 0.861 bits per heavy atom. The molecule has 418 valence electrons. The first-order chi connectivity index (χ1) is 35.5. The van der Waals surface area contributed by atoms with Crippen LogP contribution in [0.25, 0.3) is 0 Å². The van der Waals surface area contributed by atoms with Gasteiger partial charge in [0, 0.05) is 19.3 Å². The minimum atomic E-state index is -0.775. The molecule has 0 saturated heterocycles. The van der Waals surface area contributed by atoms with Crippen LogP contribution < -0.4 is 0 Å². The molecule has 0 radical (unpaired) electrons. The molecular formula is C66H118O6. The Bertz CT molecular complexity index is 1290. The van der Waals surface area contributed by atoms with Crippen molar-refractivity contribution >= 4 is 17.9 Å². The molecule has 0 aliphatic heterocycles. The minimum absolute atomic E-state index is 0.0724. The van der Waals surface area contributed by atoms with Gasteiger partial charge in [-0.15, -0.1) is 0 Å². The van der Waals surface area contributed by atoms with E-state index < -0.39 is 6.10 Å². The van der Waals surface area contributed by atoms with Crippen molar-refractivity contribution in [1.82, 2.24) is 0 Å². The van der Waals surface area contributed by atoms with Crippen LogP contribution in [0.5, 0.6) is 0 Å². The van der Waals surface area contributed by atoms with E-state index in [0.29, 0.717) is 19.3 Å². The Morgan fingerprint density at radius 2 is 0.542 bits per heavy atom. The molecule has 0 spiro atoms. The molecule has 6 nitrogen and oxygen atoms in total. The van der Waals surface area contributed by atoms with E-state index in [1.807, 2.05) is 0 Å². The SMILES string of the molecule is CC/C=C\C/C=C\C/C=C\C/C=C\CCCCCCCCCCCCCCC(=O)OCC(COC(=O)CCCCCCCCCCCCCC)OC(=O)CCCCCCCCC/C=C\CCCCCCCC. The Labute approximate surface area is 447 Å². The van der Waals surface area contributed by atoms with Crippen molar-refractivity contribution in [2.24, 2.45) is 0 Å². The second-order valence-electron chi connectivity index (χ2n) is 20.9. The van der Waals surface area contributed by atoms with E-state index in [4.69, 9.17) is 14.2 Å². The molecule has 0 amide bonds. The Morgan fingerprint density at radius 1 is 0.292 bits per heavy atom. The van der Waals surface area contributed by atoms with E-state index in [-0.39, 0.29) is 31.1 Å². The zero-order valence-corrected chi connectivity index (χ0v) is 47.9. The molecule has 0 fully saturated rings. The molecule has 0 aliphatic rings. The standard InChI is InChI=1S/C66H118O6/c1-4-7-10-13-16-19-22-25-27-29-30-31-32-33-34-35-36-38-39-41-44-47-50-53-56-59-65(68)71-62-63(61-70-64(67)58-55-52-49-46-43-24-21-18-15-12-9-6-3)72-66(69)60-57-54-51-48-45-42-40-37-28-26-23-20-17-14-11-8-5-2/h7,10,16,19,25-28,30-31,63H,4-6,8-9,11-15,17-18,20-24,29,32-62H2,1-3H3/b10-7-,19-16-,27-25-,28-26-,31-30-. The summed E-state index contributed by atoms with van der Waals surface area (Å²) in [6.45, 7) is 6.55. The van der Waals surface area contributed by atoms with Gasteiger partial charge in [0.05, 0.1) is 0 Å². The highest BCUT2D eigenvalue weighted by Crippen LogP contribution is 2.17. The average molecular weight is 1010 g/mol. The molecule has 0 aromatic carbocycles. The van der Waals surface area contributed by atoms with Crippen LogP contribution in [0.2, 0.25) is 0 Å². The van der Waals surface area contributed by atoms with Gasteiger partial charge in [0.15, 0.2) is 6.10 Å². The monoisotopic (exact) mass is 1010 g/mol. The molecule has 0 N–H and O–H groups in total. The van der Waals surface area contributed by atoms with Gasteiger partial charge in [0.25, 0.3) is 0 Å². The number of carbonyl (C=O) groups is 3. The normalized spacial score (nSPS) is 12.4. The van der Waals surface area contributed by atoms with Gasteiger partial charge in [-0.3, -0.25) is 14.4 Å². The lowest BCUT2D eigenvalue weighted by Crippen LogP contribution is -2.30. The maximum absolute atomic E-state index is 12.9. The van der Waals surface area contributed by atoms with Crippen molar-refractivity contribution < 1.29 is 28.6 Å². The number of unbranched alkanes of at least 4 members (excludes halogenated alkanes) is 36. The molecule has 0 heterocycles. The topological polar surface area (TPSA) is 78.9 Å².